The fourth-order valence-corrected chi connectivity index (χ4v) is 5.04. The van der Waals surface area contributed by atoms with Crippen LogP contribution in [0.4, 0.5) is 5.69 Å². The summed E-state index contributed by atoms with van der Waals surface area (Å²) < 4.78 is 6.04. The van der Waals surface area contributed by atoms with Crippen molar-refractivity contribution in [2.45, 2.75) is 38.2 Å². The van der Waals surface area contributed by atoms with Crippen molar-refractivity contribution in [1.82, 2.24) is 0 Å². The summed E-state index contributed by atoms with van der Waals surface area (Å²) in [5.41, 5.74) is 0.844. The second-order valence-electron chi connectivity index (χ2n) is 7.12. The predicted molar refractivity (Wildman–Crippen MR) is 81.9 cm³/mol. The van der Waals surface area contributed by atoms with Crippen molar-refractivity contribution >= 4 is 11.6 Å². The molecule has 0 atom stereocenters. The number of hydrogen-bond acceptors (Lipinski definition) is 2. The average Bonchev–Trinajstić information content (AvgIpc) is 2.47. The van der Waals surface area contributed by atoms with Crippen molar-refractivity contribution in [3.8, 4) is 0 Å². The fraction of sp³-hybridized carbons (Fsp3) is 0.611. The highest BCUT2D eigenvalue weighted by atomic mass is 16.5. The molecule has 4 aliphatic rings. The molecule has 0 radical (unpaired) electrons. The maximum Gasteiger partial charge on any atom is 0.250 e. The Balaban J connectivity index is 1.32. The van der Waals surface area contributed by atoms with Crippen molar-refractivity contribution in [3.63, 3.8) is 0 Å². The molecule has 5 rings (SSSR count). The molecule has 4 bridgehead atoms. The molecule has 21 heavy (non-hydrogen) atoms. The molecule has 0 spiro atoms. The number of nitrogens with one attached hydrogen (secondary N) is 1. The van der Waals surface area contributed by atoms with Gasteiger partial charge in [-0.2, -0.15) is 0 Å². The molecule has 0 aliphatic heterocycles. The van der Waals surface area contributed by atoms with Crippen molar-refractivity contribution in [2.75, 3.05) is 11.9 Å². The van der Waals surface area contributed by atoms with Gasteiger partial charge >= 0.3 is 0 Å². The molecule has 1 amide bonds. The Labute approximate surface area is 126 Å². The van der Waals surface area contributed by atoms with Crippen LogP contribution in [0.5, 0.6) is 0 Å². The van der Waals surface area contributed by atoms with E-state index in [0.29, 0.717) is 17.9 Å². The third-order valence-corrected chi connectivity index (χ3v) is 5.60. The van der Waals surface area contributed by atoms with Gasteiger partial charge in [-0.15, -0.1) is 0 Å². The van der Waals surface area contributed by atoms with Crippen LogP contribution in [0.2, 0.25) is 0 Å². The normalized spacial score (nSPS) is 36.7. The highest BCUT2D eigenvalue weighted by Gasteiger charge is 2.48. The average molecular weight is 285 g/mol. The fourth-order valence-electron chi connectivity index (χ4n) is 5.04. The standard InChI is InChI=1S/C18H23NO2/c20-17(19-16-4-2-1-3-5-16)11-21-18-14-7-12-6-13(9-14)10-15(18)8-12/h1-5,12-15,18H,6-11H2,(H,19,20). The number of hydrogen-bond donors (Lipinski definition) is 1. The van der Waals surface area contributed by atoms with Gasteiger partial charge in [0.2, 0.25) is 5.91 Å². The number of ether oxygens (including phenoxy) is 1. The Morgan fingerprint density at radius 3 is 2.24 bits per heavy atom. The lowest BCUT2D eigenvalue weighted by atomic mass is 9.55. The number of para-hydroxylation sites is 1. The third-order valence-electron chi connectivity index (χ3n) is 5.60. The van der Waals surface area contributed by atoms with Gasteiger partial charge in [-0.1, -0.05) is 18.2 Å². The second kappa shape index (κ2) is 5.45. The van der Waals surface area contributed by atoms with E-state index in [1.165, 1.54) is 32.1 Å². The summed E-state index contributed by atoms with van der Waals surface area (Å²) in [5, 5.41) is 2.90. The van der Waals surface area contributed by atoms with Gasteiger partial charge in [-0.3, -0.25) is 4.79 Å². The quantitative estimate of drug-likeness (QED) is 0.920. The van der Waals surface area contributed by atoms with Crippen LogP contribution in [0.3, 0.4) is 0 Å². The summed E-state index contributed by atoms with van der Waals surface area (Å²) in [6.07, 6.45) is 7.11. The Hall–Kier alpha value is -1.35. The van der Waals surface area contributed by atoms with E-state index in [1.54, 1.807) is 0 Å². The zero-order valence-corrected chi connectivity index (χ0v) is 12.3. The number of carbonyl (C=O) groups excluding carboxylic acids is 1. The van der Waals surface area contributed by atoms with Crippen molar-refractivity contribution < 1.29 is 9.53 Å². The molecule has 112 valence electrons. The monoisotopic (exact) mass is 285 g/mol. The van der Waals surface area contributed by atoms with E-state index in [2.05, 4.69) is 5.32 Å². The van der Waals surface area contributed by atoms with E-state index in [9.17, 15) is 4.79 Å². The van der Waals surface area contributed by atoms with Crippen LogP contribution < -0.4 is 5.32 Å². The molecule has 0 aromatic heterocycles. The Kier molecular flexibility index (Phi) is 3.46. The van der Waals surface area contributed by atoms with Gasteiger partial charge < -0.3 is 10.1 Å². The Bertz CT molecular complexity index is 485. The summed E-state index contributed by atoms with van der Waals surface area (Å²) in [5.74, 6) is 3.29. The first-order chi connectivity index (χ1) is 10.3. The largest absolute Gasteiger partial charge is 0.368 e. The first-order valence-corrected chi connectivity index (χ1v) is 8.24. The number of amides is 1. The molecule has 0 unspecified atom stereocenters. The zero-order chi connectivity index (χ0) is 14.2. The molecule has 4 fully saturated rings. The molecule has 1 aromatic carbocycles. The lowest BCUT2D eigenvalue weighted by molar-refractivity contribution is -0.142. The summed E-state index contributed by atoms with van der Waals surface area (Å²) in [6.45, 7) is 0.196. The maximum absolute atomic E-state index is 12.0. The molecule has 4 saturated carbocycles. The first-order valence-electron chi connectivity index (χ1n) is 8.24. The lowest BCUT2D eigenvalue weighted by Gasteiger charge is -2.53. The molecule has 3 heteroatoms. The predicted octanol–water partition coefficient (Wildman–Crippen LogP) is 3.47. The molecule has 3 nitrogen and oxygen atoms in total. The summed E-state index contributed by atoms with van der Waals surface area (Å²) in [6, 6.07) is 9.60. The molecule has 4 aliphatic carbocycles. The van der Waals surface area contributed by atoms with Gasteiger partial charge in [-0.05, 0) is 67.9 Å². The van der Waals surface area contributed by atoms with Crippen molar-refractivity contribution in [3.05, 3.63) is 30.3 Å². The third kappa shape index (κ3) is 2.71. The number of benzene rings is 1. The van der Waals surface area contributed by atoms with E-state index in [0.717, 1.165) is 17.5 Å². The smallest absolute Gasteiger partial charge is 0.250 e. The minimum absolute atomic E-state index is 0.0324. The number of carbonyl (C=O) groups is 1. The minimum Gasteiger partial charge on any atom is -0.368 e. The van der Waals surface area contributed by atoms with Crippen LogP contribution in [0.15, 0.2) is 30.3 Å². The van der Waals surface area contributed by atoms with Crippen LogP contribution in [0.25, 0.3) is 0 Å². The van der Waals surface area contributed by atoms with Crippen LogP contribution in [0.1, 0.15) is 32.1 Å². The topological polar surface area (TPSA) is 38.3 Å². The molecule has 1 N–H and O–H groups in total. The van der Waals surface area contributed by atoms with Crippen LogP contribution >= 0.6 is 0 Å². The second-order valence-corrected chi connectivity index (χ2v) is 7.12. The minimum atomic E-state index is -0.0324. The SMILES string of the molecule is O=C(COC1C2CC3CC(C2)CC1C3)Nc1ccccc1. The van der Waals surface area contributed by atoms with Crippen LogP contribution in [0, 0.1) is 23.7 Å². The van der Waals surface area contributed by atoms with Gasteiger partial charge in [0, 0.05) is 5.69 Å². The van der Waals surface area contributed by atoms with Crippen LogP contribution in [-0.2, 0) is 9.53 Å². The van der Waals surface area contributed by atoms with Gasteiger partial charge in [0.1, 0.15) is 6.61 Å². The van der Waals surface area contributed by atoms with E-state index in [-0.39, 0.29) is 12.5 Å². The van der Waals surface area contributed by atoms with E-state index in [1.807, 2.05) is 30.3 Å². The highest BCUT2D eigenvalue weighted by Crippen LogP contribution is 2.54. The lowest BCUT2D eigenvalue weighted by Crippen LogP contribution is -2.50. The molecular weight excluding hydrogens is 262 g/mol. The van der Waals surface area contributed by atoms with Gasteiger partial charge in [0.05, 0.1) is 6.10 Å². The summed E-state index contributed by atoms with van der Waals surface area (Å²) in [4.78, 5) is 12.0. The number of rotatable bonds is 4. The molecule has 0 saturated heterocycles. The summed E-state index contributed by atoms with van der Waals surface area (Å²) in [7, 11) is 0. The van der Waals surface area contributed by atoms with Gasteiger partial charge in [0.15, 0.2) is 0 Å². The first kappa shape index (κ1) is 13.3. The Morgan fingerprint density at radius 1 is 1.00 bits per heavy atom. The van der Waals surface area contributed by atoms with Gasteiger partial charge in [0.25, 0.3) is 0 Å². The van der Waals surface area contributed by atoms with E-state index in [4.69, 9.17) is 4.74 Å². The molecular formula is C18H23NO2. The van der Waals surface area contributed by atoms with Crippen molar-refractivity contribution in [2.24, 2.45) is 23.7 Å². The summed E-state index contributed by atoms with van der Waals surface area (Å²) >= 11 is 0. The highest BCUT2D eigenvalue weighted by molar-refractivity contribution is 5.91. The van der Waals surface area contributed by atoms with E-state index >= 15 is 0 Å². The maximum atomic E-state index is 12.0. The van der Waals surface area contributed by atoms with Gasteiger partial charge in [-0.25, -0.2) is 0 Å². The van der Waals surface area contributed by atoms with Crippen molar-refractivity contribution in [1.29, 1.82) is 0 Å². The Morgan fingerprint density at radius 2 is 1.62 bits per heavy atom. The number of anilines is 1. The van der Waals surface area contributed by atoms with E-state index < -0.39 is 0 Å². The molecule has 0 heterocycles. The molecule has 1 aromatic rings. The van der Waals surface area contributed by atoms with Crippen LogP contribution in [-0.4, -0.2) is 18.6 Å². The zero-order valence-electron chi connectivity index (χ0n) is 12.3.